The Morgan fingerprint density at radius 3 is 2.76 bits per heavy atom. The molecule has 1 heterocycles. The molecule has 0 bridgehead atoms. The maximum Gasteiger partial charge on any atom is 0.105 e. The molecule has 17 heavy (non-hydrogen) atoms. The van der Waals surface area contributed by atoms with Crippen LogP contribution in [0.3, 0.4) is 0 Å². The molecule has 1 aromatic heterocycles. The van der Waals surface area contributed by atoms with Gasteiger partial charge in [0, 0.05) is 25.0 Å². The van der Waals surface area contributed by atoms with E-state index in [9.17, 15) is 0 Å². The normalized spacial score (nSPS) is 18.0. The monoisotopic (exact) mass is 257 g/mol. The molecule has 0 saturated heterocycles. The third-order valence-electron chi connectivity index (χ3n) is 3.54. The van der Waals surface area contributed by atoms with E-state index in [4.69, 9.17) is 0 Å². The molecule has 3 nitrogen and oxygen atoms in total. The molecule has 1 saturated carbocycles. The standard InChI is InChI=1S/C13H23N3.ClH/c1-11(9-15-13-5-3-4-6-13)10-16-8-7-14-12(16)2;/h7-8,11,13,15H,3-6,9-10H2,1-2H3;1H. The van der Waals surface area contributed by atoms with Crippen LogP contribution >= 0.6 is 12.4 Å². The molecular weight excluding hydrogens is 234 g/mol. The number of aryl methyl sites for hydroxylation is 1. The minimum atomic E-state index is 0. The molecule has 1 fully saturated rings. The molecule has 1 aromatic rings. The maximum atomic E-state index is 4.25. The molecule has 4 heteroatoms. The fraction of sp³-hybridized carbons (Fsp3) is 0.769. The summed E-state index contributed by atoms with van der Waals surface area (Å²) in [6.45, 7) is 6.58. The van der Waals surface area contributed by atoms with Crippen molar-refractivity contribution in [3.63, 3.8) is 0 Å². The molecule has 1 aliphatic rings. The van der Waals surface area contributed by atoms with Crippen molar-refractivity contribution in [3.05, 3.63) is 18.2 Å². The van der Waals surface area contributed by atoms with Gasteiger partial charge in [-0.1, -0.05) is 19.8 Å². The Balaban J connectivity index is 0.00000144. The first-order chi connectivity index (χ1) is 7.75. The van der Waals surface area contributed by atoms with Crippen LogP contribution in [-0.2, 0) is 6.54 Å². The minimum Gasteiger partial charge on any atom is -0.335 e. The van der Waals surface area contributed by atoms with Crippen molar-refractivity contribution in [1.29, 1.82) is 0 Å². The molecule has 1 atom stereocenters. The van der Waals surface area contributed by atoms with Crippen molar-refractivity contribution in [1.82, 2.24) is 14.9 Å². The Kier molecular flexibility index (Phi) is 6.00. The highest BCUT2D eigenvalue weighted by Crippen LogP contribution is 2.17. The summed E-state index contributed by atoms with van der Waals surface area (Å²) in [5, 5.41) is 3.68. The van der Waals surface area contributed by atoms with Gasteiger partial charge in [0.2, 0.25) is 0 Å². The molecular formula is C13H24ClN3. The Labute approximate surface area is 110 Å². The van der Waals surface area contributed by atoms with Gasteiger partial charge in [0.05, 0.1) is 0 Å². The van der Waals surface area contributed by atoms with Crippen LogP contribution in [0, 0.1) is 12.8 Å². The highest BCUT2D eigenvalue weighted by Gasteiger charge is 2.15. The lowest BCUT2D eigenvalue weighted by Gasteiger charge is -2.17. The van der Waals surface area contributed by atoms with Crippen molar-refractivity contribution in [2.75, 3.05) is 6.54 Å². The number of hydrogen-bond acceptors (Lipinski definition) is 2. The van der Waals surface area contributed by atoms with Crippen molar-refractivity contribution in [2.45, 2.75) is 52.1 Å². The Hall–Kier alpha value is -0.540. The smallest absolute Gasteiger partial charge is 0.105 e. The van der Waals surface area contributed by atoms with Gasteiger partial charge in [0.15, 0.2) is 0 Å². The lowest BCUT2D eigenvalue weighted by Crippen LogP contribution is -2.31. The first-order valence-electron chi connectivity index (χ1n) is 6.47. The molecule has 0 radical (unpaired) electrons. The van der Waals surface area contributed by atoms with E-state index >= 15 is 0 Å². The second kappa shape index (κ2) is 7.02. The Morgan fingerprint density at radius 2 is 2.18 bits per heavy atom. The summed E-state index contributed by atoms with van der Waals surface area (Å²) in [5.74, 6) is 1.79. The number of hydrogen-bond donors (Lipinski definition) is 1. The summed E-state index contributed by atoms with van der Waals surface area (Å²) < 4.78 is 2.24. The molecule has 0 amide bonds. The van der Waals surface area contributed by atoms with E-state index in [1.165, 1.54) is 25.7 Å². The van der Waals surface area contributed by atoms with Crippen molar-refractivity contribution < 1.29 is 0 Å². The number of nitrogens with one attached hydrogen (secondary N) is 1. The van der Waals surface area contributed by atoms with E-state index in [2.05, 4.69) is 34.9 Å². The molecule has 98 valence electrons. The maximum absolute atomic E-state index is 4.25. The van der Waals surface area contributed by atoms with Crippen LogP contribution in [0.25, 0.3) is 0 Å². The van der Waals surface area contributed by atoms with Gasteiger partial charge in [-0.15, -0.1) is 12.4 Å². The van der Waals surface area contributed by atoms with Gasteiger partial charge in [-0.05, 0) is 32.2 Å². The molecule has 0 aromatic carbocycles. The van der Waals surface area contributed by atoms with Gasteiger partial charge in [0.25, 0.3) is 0 Å². The van der Waals surface area contributed by atoms with E-state index in [0.717, 1.165) is 25.0 Å². The average Bonchev–Trinajstić information content (AvgIpc) is 2.88. The van der Waals surface area contributed by atoms with Gasteiger partial charge in [-0.2, -0.15) is 0 Å². The number of nitrogens with zero attached hydrogens (tertiary/aromatic N) is 2. The summed E-state index contributed by atoms with van der Waals surface area (Å²) in [4.78, 5) is 4.25. The van der Waals surface area contributed by atoms with Crippen LogP contribution in [0.2, 0.25) is 0 Å². The van der Waals surface area contributed by atoms with Crippen LogP contribution in [0.1, 0.15) is 38.4 Å². The fourth-order valence-corrected chi connectivity index (χ4v) is 2.49. The van der Waals surface area contributed by atoms with Gasteiger partial charge in [-0.3, -0.25) is 0 Å². The van der Waals surface area contributed by atoms with Crippen molar-refractivity contribution in [2.24, 2.45) is 5.92 Å². The lowest BCUT2D eigenvalue weighted by molar-refractivity contribution is 0.405. The third-order valence-corrected chi connectivity index (χ3v) is 3.54. The van der Waals surface area contributed by atoms with Crippen molar-refractivity contribution in [3.8, 4) is 0 Å². The van der Waals surface area contributed by atoms with Crippen LogP contribution in [-0.4, -0.2) is 22.1 Å². The highest BCUT2D eigenvalue weighted by molar-refractivity contribution is 5.85. The Morgan fingerprint density at radius 1 is 1.47 bits per heavy atom. The zero-order chi connectivity index (χ0) is 11.4. The predicted octanol–water partition coefficient (Wildman–Crippen LogP) is 2.78. The minimum absolute atomic E-state index is 0. The van der Waals surface area contributed by atoms with Crippen LogP contribution in [0.15, 0.2) is 12.4 Å². The third kappa shape index (κ3) is 4.32. The molecule has 1 N–H and O–H groups in total. The second-order valence-corrected chi connectivity index (χ2v) is 5.12. The zero-order valence-electron chi connectivity index (χ0n) is 10.9. The first kappa shape index (κ1) is 14.5. The van der Waals surface area contributed by atoms with E-state index < -0.39 is 0 Å². The van der Waals surface area contributed by atoms with Gasteiger partial charge in [-0.25, -0.2) is 4.98 Å². The highest BCUT2D eigenvalue weighted by atomic mass is 35.5. The van der Waals surface area contributed by atoms with Gasteiger partial charge < -0.3 is 9.88 Å². The molecule has 1 unspecified atom stereocenters. The SMILES string of the molecule is Cc1nccn1CC(C)CNC1CCCC1.Cl. The quantitative estimate of drug-likeness (QED) is 0.879. The topological polar surface area (TPSA) is 29.9 Å². The fourth-order valence-electron chi connectivity index (χ4n) is 2.49. The molecule has 0 spiro atoms. The summed E-state index contributed by atoms with van der Waals surface area (Å²) in [5.41, 5.74) is 0. The molecule has 0 aliphatic heterocycles. The summed E-state index contributed by atoms with van der Waals surface area (Å²) in [6.07, 6.45) is 9.51. The molecule has 1 aliphatic carbocycles. The average molecular weight is 258 g/mol. The van der Waals surface area contributed by atoms with Gasteiger partial charge in [0.1, 0.15) is 5.82 Å². The van der Waals surface area contributed by atoms with Crippen LogP contribution in [0.4, 0.5) is 0 Å². The molecule has 2 rings (SSSR count). The van der Waals surface area contributed by atoms with Crippen molar-refractivity contribution >= 4 is 12.4 Å². The van der Waals surface area contributed by atoms with E-state index in [-0.39, 0.29) is 12.4 Å². The largest absolute Gasteiger partial charge is 0.335 e. The summed E-state index contributed by atoms with van der Waals surface area (Å²) in [7, 11) is 0. The summed E-state index contributed by atoms with van der Waals surface area (Å²) >= 11 is 0. The first-order valence-corrected chi connectivity index (χ1v) is 6.47. The predicted molar refractivity (Wildman–Crippen MR) is 73.6 cm³/mol. The lowest BCUT2D eigenvalue weighted by atomic mass is 10.1. The Bertz CT molecular complexity index is 318. The van der Waals surface area contributed by atoms with Crippen LogP contribution in [0.5, 0.6) is 0 Å². The number of rotatable bonds is 5. The number of halogens is 1. The number of imidazole rings is 1. The zero-order valence-corrected chi connectivity index (χ0v) is 11.7. The van der Waals surface area contributed by atoms with E-state index in [0.29, 0.717) is 5.92 Å². The second-order valence-electron chi connectivity index (χ2n) is 5.12. The van der Waals surface area contributed by atoms with E-state index in [1.54, 1.807) is 0 Å². The van der Waals surface area contributed by atoms with Gasteiger partial charge >= 0.3 is 0 Å². The van der Waals surface area contributed by atoms with Crippen LogP contribution < -0.4 is 5.32 Å². The summed E-state index contributed by atoms with van der Waals surface area (Å²) in [6, 6.07) is 0.784. The van der Waals surface area contributed by atoms with E-state index in [1.807, 2.05) is 6.20 Å². The number of aromatic nitrogens is 2.